The first-order valence-electron chi connectivity index (χ1n) is 11.3. The Balaban J connectivity index is 2.32. The lowest BCUT2D eigenvalue weighted by Crippen LogP contribution is -2.61. The lowest BCUT2D eigenvalue weighted by molar-refractivity contribution is -0.203. The van der Waals surface area contributed by atoms with Crippen LogP contribution in [0.5, 0.6) is 0 Å². The van der Waals surface area contributed by atoms with E-state index < -0.39 is 53.2 Å². The number of rotatable bonds is 5. The van der Waals surface area contributed by atoms with Crippen molar-refractivity contribution in [3.05, 3.63) is 20.8 Å². The maximum Gasteiger partial charge on any atom is 0.493 e. The van der Waals surface area contributed by atoms with Crippen molar-refractivity contribution in [2.75, 3.05) is 42.7 Å². The highest BCUT2D eigenvalue weighted by Gasteiger charge is 2.51. The first kappa shape index (κ1) is 27.3. The molecule has 0 bridgehead atoms. The van der Waals surface area contributed by atoms with Gasteiger partial charge in [-0.25, -0.2) is 9.59 Å². The van der Waals surface area contributed by atoms with Crippen molar-refractivity contribution in [3.8, 4) is 11.8 Å². The van der Waals surface area contributed by atoms with Gasteiger partial charge in [0.05, 0.1) is 13.1 Å². The number of Topliss-reactive ketones (excluding diaryl/α,β-unsaturated/α-hetero) is 1. The van der Waals surface area contributed by atoms with Gasteiger partial charge in [0.1, 0.15) is 0 Å². The SMILES string of the molecule is CC#CCN1c2c(n(CC(=O)C(C)(C)C)c(=O)n(C)c2=O)N(OC(=O)C(F)(F)F)C1N1CCNCC1. The predicted molar refractivity (Wildman–Crippen MR) is 124 cm³/mol. The second kappa shape index (κ2) is 9.98. The summed E-state index contributed by atoms with van der Waals surface area (Å²) < 4.78 is 41.5. The number of halogens is 3. The van der Waals surface area contributed by atoms with Gasteiger partial charge in [-0.3, -0.25) is 23.6 Å². The summed E-state index contributed by atoms with van der Waals surface area (Å²) in [6.45, 7) is 7.38. The number of anilines is 2. The first-order chi connectivity index (χ1) is 16.7. The van der Waals surface area contributed by atoms with Crippen molar-refractivity contribution in [2.45, 2.75) is 46.7 Å². The van der Waals surface area contributed by atoms with E-state index in [4.69, 9.17) is 4.84 Å². The number of ketones is 1. The summed E-state index contributed by atoms with van der Waals surface area (Å²) >= 11 is 0. The average molecular weight is 515 g/mol. The predicted octanol–water partition coefficient (Wildman–Crippen LogP) is 0.0212. The van der Waals surface area contributed by atoms with Crippen molar-refractivity contribution >= 4 is 23.3 Å². The number of carbonyl (C=O) groups excluding carboxylic acids is 2. The fraction of sp³-hybridized carbons (Fsp3) is 0.636. The Labute approximate surface area is 205 Å². The molecule has 0 aliphatic carbocycles. The molecule has 198 valence electrons. The maximum absolute atomic E-state index is 13.3. The van der Waals surface area contributed by atoms with E-state index in [-0.39, 0.29) is 12.2 Å². The van der Waals surface area contributed by atoms with E-state index in [1.54, 1.807) is 32.6 Å². The second-order valence-electron chi connectivity index (χ2n) is 9.47. The van der Waals surface area contributed by atoms with Crippen LogP contribution in [0.3, 0.4) is 0 Å². The largest absolute Gasteiger partial charge is 0.493 e. The first-order valence-corrected chi connectivity index (χ1v) is 11.3. The Hall–Kier alpha value is -3.31. The summed E-state index contributed by atoms with van der Waals surface area (Å²) in [5.74, 6) is 2.12. The fourth-order valence-electron chi connectivity index (χ4n) is 3.91. The molecule has 1 unspecified atom stereocenters. The molecular formula is C22H29F3N6O5. The molecule has 1 N–H and O–H groups in total. The van der Waals surface area contributed by atoms with Crippen LogP contribution >= 0.6 is 0 Å². The summed E-state index contributed by atoms with van der Waals surface area (Å²) in [7, 11) is 1.21. The van der Waals surface area contributed by atoms with E-state index in [0.717, 1.165) is 9.13 Å². The number of hydrogen-bond donors (Lipinski definition) is 1. The van der Waals surface area contributed by atoms with Gasteiger partial charge in [0, 0.05) is 38.6 Å². The molecule has 2 aliphatic heterocycles. The minimum atomic E-state index is -5.35. The van der Waals surface area contributed by atoms with E-state index >= 15 is 0 Å². The standard InChI is InChI=1S/C22H29F3N6O5/c1-6-7-10-29-15-16(30(13-14(32)21(2,3)4)20(35)27(5)17(15)33)31(36-18(34)22(23,24)25)19(29)28-11-8-26-9-12-28/h19,26H,8-13H2,1-5H3. The van der Waals surface area contributed by atoms with E-state index in [9.17, 15) is 32.3 Å². The van der Waals surface area contributed by atoms with Gasteiger partial charge in [0.2, 0.25) is 0 Å². The lowest BCUT2D eigenvalue weighted by atomic mass is 9.91. The van der Waals surface area contributed by atoms with Crippen LogP contribution in [0.1, 0.15) is 27.7 Å². The third kappa shape index (κ3) is 5.12. The number of alkyl halides is 3. The quantitative estimate of drug-likeness (QED) is 0.544. The van der Waals surface area contributed by atoms with Gasteiger partial charge in [-0.1, -0.05) is 26.7 Å². The van der Waals surface area contributed by atoms with Gasteiger partial charge in [-0.05, 0) is 6.92 Å². The van der Waals surface area contributed by atoms with Gasteiger partial charge in [-0.2, -0.15) is 13.2 Å². The Kier molecular flexibility index (Phi) is 7.56. The molecule has 3 rings (SSSR count). The van der Waals surface area contributed by atoms with Gasteiger partial charge < -0.3 is 15.1 Å². The van der Waals surface area contributed by atoms with E-state index in [0.29, 0.717) is 31.2 Å². The Morgan fingerprint density at radius 3 is 2.28 bits per heavy atom. The topological polar surface area (TPSA) is 109 Å². The van der Waals surface area contributed by atoms with E-state index in [1.807, 2.05) is 0 Å². The van der Waals surface area contributed by atoms with Gasteiger partial charge in [-0.15, -0.1) is 11.0 Å². The van der Waals surface area contributed by atoms with Crippen LogP contribution < -0.4 is 26.5 Å². The molecule has 0 radical (unpaired) electrons. The zero-order valence-electron chi connectivity index (χ0n) is 20.7. The highest BCUT2D eigenvalue weighted by atomic mass is 19.4. The van der Waals surface area contributed by atoms with Gasteiger partial charge >= 0.3 is 17.8 Å². The van der Waals surface area contributed by atoms with Crippen molar-refractivity contribution < 1.29 is 27.6 Å². The number of nitrogens with one attached hydrogen (secondary N) is 1. The number of carbonyl (C=O) groups is 2. The van der Waals surface area contributed by atoms with Crippen molar-refractivity contribution in [1.29, 1.82) is 0 Å². The van der Waals surface area contributed by atoms with Crippen molar-refractivity contribution in [1.82, 2.24) is 19.4 Å². The number of piperazine rings is 1. The number of nitrogens with zero attached hydrogens (tertiary/aromatic N) is 5. The molecule has 0 amide bonds. The third-order valence-electron chi connectivity index (χ3n) is 5.93. The van der Waals surface area contributed by atoms with Crippen LogP contribution in [0.25, 0.3) is 0 Å². The van der Waals surface area contributed by atoms with Crippen LogP contribution in [0.15, 0.2) is 9.59 Å². The Bertz CT molecular complexity index is 1210. The molecule has 0 saturated carbocycles. The zero-order chi connectivity index (χ0) is 27.0. The van der Waals surface area contributed by atoms with Crippen molar-refractivity contribution in [2.24, 2.45) is 12.5 Å². The molecule has 0 aromatic carbocycles. The Morgan fingerprint density at radius 1 is 1.14 bits per heavy atom. The van der Waals surface area contributed by atoms with Crippen molar-refractivity contribution in [3.63, 3.8) is 0 Å². The fourth-order valence-corrected chi connectivity index (χ4v) is 3.91. The number of hydrogen-bond acceptors (Lipinski definition) is 9. The van der Waals surface area contributed by atoms with Crippen LogP contribution in [0, 0.1) is 17.3 Å². The molecule has 0 spiro atoms. The van der Waals surface area contributed by atoms with Crippen LogP contribution in [-0.2, 0) is 28.0 Å². The van der Waals surface area contributed by atoms with Gasteiger partial charge in [0.15, 0.2) is 23.6 Å². The lowest BCUT2D eigenvalue weighted by Gasteiger charge is -2.40. The molecule has 14 heteroatoms. The van der Waals surface area contributed by atoms with E-state index in [2.05, 4.69) is 17.2 Å². The summed E-state index contributed by atoms with van der Waals surface area (Å²) in [5.41, 5.74) is -2.86. The normalized spacial score (nSPS) is 18.5. The average Bonchev–Trinajstić information content (AvgIpc) is 3.11. The summed E-state index contributed by atoms with van der Waals surface area (Å²) in [5, 5.41) is 3.74. The maximum atomic E-state index is 13.3. The summed E-state index contributed by atoms with van der Waals surface area (Å²) in [6.07, 6.45) is -6.56. The molecular weight excluding hydrogens is 485 g/mol. The van der Waals surface area contributed by atoms with Gasteiger partial charge in [0.25, 0.3) is 5.56 Å². The number of aromatic nitrogens is 2. The molecule has 36 heavy (non-hydrogen) atoms. The molecule has 2 aliphatic rings. The molecule has 1 saturated heterocycles. The van der Waals surface area contributed by atoms with Crippen LogP contribution in [0.2, 0.25) is 0 Å². The highest BCUT2D eigenvalue weighted by molar-refractivity contribution is 5.85. The molecule has 11 nitrogen and oxygen atoms in total. The Morgan fingerprint density at radius 2 is 1.75 bits per heavy atom. The van der Waals surface area contributed by atoms with Crippen LogP contribution in [0.4, 0.5) is 24.7 Å². The molecule has 1 fully saturated rings. The number of fused-ring (bicyclic) bond motifs is 1. The molecule has 1 aromatic heterocycles. The molecule has 1 atom stereocenters. The third-order valence-corrected chi connectivity index (χ3v) is 5.93. The van der Waals surface area contributed by atoms with Crippen LogP contribution in [-0.4, -0.2) is 71.0 Å². The smallest absolute Gasteiger partial charge is 0.327 e. The monoisotopic (exact) mass is 514 g/mol. The number of hydroxylamine groups is 1. The highest BCUT2D eigenvalue weighted by Crippen LogP contribution is 2.39. The minimum Gasteiger partial charge on any atom is -0.327 e. The second-order valence-corrected chi connectivity index (χ2v) is 9.47. The minimum absolute atomic E-state index is 0.112. The van der Waals surface area contributed by atoms with E-state index in [1.165, 1.54) is 11.9 Å². The molecule has 3 heterocycles. The molecule has 1 aromatic rings. The summed E-state index contributed by atoms with van der Waals surface area (Å²) in [4.78, 5) is 59.3. The summed E-state index contributed by atoms with van der Waals surface area (Å²) in [6, 6.07) is 0. The zero-order valence-corrected chi connectivity index (χ0v) is 20.7.